The van der Waals surface area contributed by atoms with Crippen LogP contribution in [-0.2, 0) is 11.2 Å². The van der Waals surface area contributed by atoms with Crippen LogP contribution >= 0.6 is 0 Å². The number of aliphatic hydroxyl groups excluding tert-OH is 1. The van der Waals surface area contributed by atoms with Gasteiger partial charge in [-0.15, -0.1) is 0 Å². The van der Waals surface area contributed by atoms with Crippen LogP contribution in [0.2, 0.25) is 0 Å². The van der Waals surface area contributed by atoms with Crippen molar-refractivity contribution in [1.82, 2.24) is 0 Å². The molecule has 104 valence electrons. The molecule has 0 bridgehead atoms. The van der Waals surface area contributed by atoms with E-state index in [1.807, 2.05) is 45.9 Å². The molecule has 4 heteroatoms. The Bertz CT molecular complexity index is 491. The molecule has 0 radical (unpaired) electrons. The van der Waals surface area contributed by atoms with E-state index in [1.54, 1.807) is 0 Å². The minimum Gasteiger partial charge on any atom is -0.444 e. The fourth-order valence-electron chi connectivity index (χ4n) is 2.32. The third-order valence-electron chi connectivity index (χ3n) is 3.19. The van der Waals surface area contributed by atoms with E-state index in [1.165, 1.54) is 0 Å². The summed E-state index contributed by atoms with van der Waals surface area (Å²) in [6.45, 7) is 7.48. The van der Waals surface area contributed by atoms with Crippen LogP contribution in [0.25, 0.3) is 0 Å². The Hall–Kier alpha value is -1.55. The minimum atomic E-state index is -0.519. The van der Waals surface area contributed by atoms with E-state index in [0.29, 0.717) is 5.69 Å². The van der Waals surface area contributed by atoms with Crippen molar-refractivity contribution < 1.29 is 14.6 Å². The molecule has 2 N–H and O–H groups in total. The van der Waals surface area contributed by atoms with Crippen molar-refractivity contribution in [3.05, 3.63) is 29.3 Å². The van der Waals surface area contributed by atoms with E-state index in [4.69, 9.17) is 4.74 Å². The Labute approximate surface area is 113 Å². The summed E-state index contributed by atoms with van der Waals surface area (Å²) in [5.74, 6) is 0.228. The Morgan fingerprint density at radius 1 is 1.42 bits per heavy atom. The largest absolute Gasteiger partial charge is 0.444 e. The van der Waals surface area contributed by atoms with Gasteiger partial charge in [0, 0.05) is 5.69 Å². The number of fused-ring (bicyclic) bond motifs is 1. The molecule has 0 heterocycles. The summed E-state index contributed by atoms with van der Waals surface area (Å²) >= 11 is 0. The third kappa shape index (κ3) is 3.26. The number of hydrogen-bond acceptors (Lipinski definition) is 3. The predicted octanol–water partition coefficient (Wildman–Crippen LogP) is 3.26. The van der Waals surface area contributed by atoms with Gasteiger partial charge in [-0.2, -0.15) is 0 Å². The Balaban J connectivity index is 2.10. The van der Waals surface area contributed by atoms with Crippen molar-refractivity contribution in [2.24, 2.45) is 5.92 Å². The van der Waals surface area contributed by atoms with E-state index < -0.39 is 17.8 Å². The topological polar surface area (TPSA) is 58.6 Å². The van der Waals surface area contributed by atoms with Crippen LogP contribution < -0.4 is 5.32 Å². The highest BCUT2D eigenvalue weighted by atomic mass is 16.6. The summed E-state index contributed by atoms with van der Waals surface area (Å²) in [6, 6.07) is 5.62. The highest BCUT2D eigenvalue weighted by Crippen LogP contribution is 2.37. The van der Waals surface area contributed by atoms with Gasteiger partial charge in [0.15, 0.2) is 0 Å². The van der Waals surface area contributed by atoms with E-state index in [9.17, 15) is 9.90 Å². The molecule has 4 nitrogen and oxygen atoms in total. The van der Waals surface area contributed by atoms with E-state index in [-0.39, 0.29) is 5.92 Å². The second kappa shape index (κ2) is 4.85. The van der Waals surface area contributed by atoms with Crippen molar-refractivity contribution >= 4 is 11.8 Å². The zero-order chi connectivity index (χ0) is 14.2. The number of aliphatic hydroxyl groups is 1. The first-order valence-corrected chi connectivity index (χ1v) is 6.57. The van der Waals surface area contributed by atoms with Crippen LogP contribution in [0, 0.1) is 5.92 Å². The van der Waals surface area contributed by atoms with Gasteiger partial charge in [-0.05, 0) is 56.4 Å². The molecule has 1 aliphatic rings. The van der Waals surface area contributed by atoms with Crippen LogP contribution in [0.4, 0.5) is 10.5 Å². The number of nitrogens with one attached hydrogen (secondary N) is 1. The number of hydrogen-bond donors (Lipinski definition) is 2. The standard InChI is InChI=1S/C15H21NO3/c1-9-7-10-5-6-11(8-12(10)13(9)17)16-14(18)19-15(2,3)4/h5-6,8-9,13,17H,7H2,1-4H3,(H,16,18). The summed E-state index contributed by atoms with van der Waals surface area (Å²) in [6.07, 6.45) is -0.0492. The van der Waals surface area contributed by atoms with E-state index in [2.05, 4.69) is 5.32 Å². The van der Waals surface area contributed by atoms with Gasteiger partial charge < -0.3 is 9.84 Å². The molecule has 0 saturated carbocycles. The first-order valence-electron chi connectivity index (χ1n) is 6.57. The fourth-order valence-corrected chi connectivity index (χ4v) is 2.32. The fraction of sp³-hybridized carbons (Fsp3) is 0.533. The quantitative estimate of drug-likeness (QED) is 0.817. The molecule has 0 spiro atoms. The predicted molar refractivity (Wildman–Crippen MR) is 74.1 cm³/mol. The van der Waals surface area contributed by atoms with Gasteiger partial charge in [0.25, 0.3) is 0 Å². The minimum absolute atomic E-state index is 0.228. The van der Waals surface area contributed by atoms with E-state index >= 15 is 0 Å². The van der Waals surface area contributed by atoms with Crippen molar-refractivity contribution in [1.29, 1.82) is 0 Å². The van der Waals surface area contributed by atoms with Crippen LogP contribution in [0.15, 0.2) is 18.2 Å². The monoisotopic (exact) mass is 263 g/mol. The molecule has 2 unspecified atom stereocenters. The van der Waals surface area contributed by atoms with Crippen molar-refractivity contribution in [2.75, 3.05) is 5.32 Å². The lowest BCUT2D eigenvalue weighted by molar-refractivity contribution is 0.0636. The average molecular weight is 263 g/mol. The van der Waals surface area contributed by atoms with Gasteiger partial charge >= 0.3 is 6.09 Å². The maximum Gasteiger partial charge on any atom is 0.412 e. The van der Waals surface area contributed by atoms with Gasteiger partial charge in [-0.3, -0.25) is 5.32 Å². The first-order chi connectivity index (χ1) is 8.76. The lowest BCUT2D eigenvalue weighted by Crippen LogP contribution is -2.27. The van der Waals surface area contributed by atoms with Crippen LogP contribution in [0.1, 0.15) is 44.9 Å². The second-order valence-electron chi connectivity index (χ2n) is 6.17. The zero-order valence-corrected chi connectivity index (χ0v) is 11.9. The summed E-state index contributed by atoms with van der Waals surface area (Å²) in [7, 11) is 0. The van der Waals surface area contributed by atoms with Crippen LogP contribution in [0.5, 0.6) is 0 Å². The van der Waals surface area contributed by atoms with Gasteiger partial charge in [0.05, 0.1) is 6.10 Å². The second-order valence-corrected chi connectivity index (χ2v) is 6.17. The molecule has 0 aromatic heterocycles. The molecule has 19 heavy (non-hydrogen) atoms. The molecule has 0 fully saturated rings. The number of carbonyl (C=O) groups excluding carboxylic acids is 1. The normalized spacial score (nSPS) is 21.9. The Morgan fingerprint density at radius 2 is 2.11 bits per heavy atom. The molecule has 2 atom stereocenters. The van der Waals surface area contributed by atoms with Gasteiger partial charge in [0.2, 0.25) is 0 Å². The molecule has 1 aliphatic carbocycles. The molecule has 0 aliphatic heterocycles. The average Bonchev–Trinajstić information content (AvgIpc) is 2.53. The number of carbonyl (C=O) groups is 1. The van der Waals surface area contributed by atoms with Crippen molar-refractivity contribution in [2.45, 2.75) is 45.8 Å². The third-order valence-corrected chi connectivity index (χ3v) is 3.19. The lowest BCUT2D eigenvalue weighted by Gasteiger charge is -2.20. The van der Waals surface area contributed by atoms with E-state index in [0.717, 1.165) is 17.5 Å². The zero-order valence-electron chi connectivity index (χ0n) is 11.9. The van der Waals surface area contributed by atoms with Crippen LogP contribution in [0.3, 0.4) is 0 Å². The summed E-state index contributed by atoms with van der Waals surface area (Å²) in [5, 5.41) is 12.7. The smallest absolute Gasteiger partial charge is 0.412 e. The van der Waals surface area contributed by atoms with Gasteiger partial charge in [-0.25, -0.2) is 4.79 Å². The molecule has 2 rings (SSSR count). The molecule has 1 aromatic rings. The molecule has 1 aromatic carbocycles. The Kier molecular flexibility index (Phi) is 3.54. The SMILES string of the molecule is CC1Cc2ccc(NC(=O)OC(C)(C)C)cc2C1O. The number of ether oxygens (including phenoxy) is 1. The number of rotatable bonds is 1. The summed E-state index contributed by atoms with van der Waals surface area (Å²) < 4.78 is 5.20. The maximum absolute atomic E-state index is 11.7. The van der Waals surface area contributed by atoms with Gasteiger partial charge in [0.1, 0.15) is 5.60 Å². The first kappa shape index (κ1) is 13.9. The van der Waals surface area contributed by atoms with Gasteiger partial charge in [-0.1, -0.05) is 13.0 Å². The van der Waals surface area contributed by atoms with Crippen LogP contribution in [-0.4, -0.2) is 16.8 Å². The summed E-state index contributed by atoms with van der Waals surface area (Å²) in [4.78, 5) is 11.7. The lowest BCUT2D eigenvalue weighted by atomic mass is 10.1. The highest BCUT2D eigenvalue weighted by molar-refractivity contribution is 5.85. The molecule has 0 saturated heterocycles. The van der Waals surface area contributed by atoms with Crippen molar-refractivity contribution in [3.8, 4) is 0 Å². The molecular formula is C15H21NO3. The summed E-state index contributed by atoms with van der Waals surface area (Å²) in [5.41, 5.74) is 2.19. The maximum atomic E-state index is 11.7. The number of anilines is 1. The Morgan fingerprint density at radius 3 is 2.74 bits per heavy atom. The molecular weight excluding hydrogens is 242 g/mol. The number of benzene rings is 1. The van der Waals surface area contributed by atoms with Crippen molar-refractivity contribution in [3.63, 3.8) is 0 Å². The molecule has 1 amide bonds. The number of amides is 1. The highest BCUT2D eigenvalue weighted by Gasteiger charge is 2.27.